The molecule has 0 radical (unpaired) electrons. The molecule has 23 heavy (non-hydrogen) atoms. The molecule has 0 aliphatic carbocycles. The van der Waals surface area contributed by atoms with E-state index in [4.69, 9.17) is 9.47 Å². The fraction of sp³-hybridized carbons (Fsp3) is 0.357. The maximum Gasteiger partial charge on any atom is 0.291 e. The summed E-state index contributed by atoms with van der Waals surface area (Å²) >= 11 is 0.662. The van der Waals surface area contributed by atoms with Crippen LogP contribution >= 0.6 is 11.3 Å². The molecule has 122 valence electrons. The summed E-state index contributed by atoms with van der Waals surface area (Å²) in [5, 5.41) is 9.02. The van der Waals surface area contributed by atoms with Crippen LogP contribution in [0, 0.1) is 5.92 Å². The number of hydrogen-bond acceptors (Lipinski definition) is 6. The van der Waals surface area contributed by atoms with E-state index in [0.29, 0.717) is 29.3 Å². The van der Waals surface area contributed by atoms with Gasteiger partial charge in [0.25, 0.3) is 6.43 Å². The number of benzene rings is 1. The summed E-state index contributed by atoms with van der Waals surface area (Å²) in [5.74, 6) is 0.613. The van der Waals surface area contributed by atoms with E-state index in [1.54, 1.807) is 19.2 Å². The molecule has 2 heterocycles. The molecule has 3 rings (SSSR count). The minimum absolute atomic E-state index is 0.0610. The maximum atomic E-state index is 12.5. The lowest BCUT2D eigenvalue weighted by molar-refractivity contribution is -0.121. The largest absolute Gasteiger partial charge is 0.497 e. The third-order valence-electron chi connectivity index (χ3n) is 3.41. The Morgan fingerprint density at radius 1 is 1.48 bits per heavy atom. The minimum Gasteiger partial charge on any atom is -0.497 e. The van der Waals surface area contributed by atoms with Gasteiger partial charge in [-0.05, 0) is 18.1 Å². The van der Waals surface area contributed by atoms with Gasteiger partial charge in [-0.2, -0.15) is 0 Å². The number of methoxy groups -OCH3 is 1. The van der Waals surface area contributed by atoms with E-state index in [2.05, 4.69) is 15.5 Å². The van der Waals surface area contributed by atoms with E-state index in [1.165, 1.54) is 0 Å². The summed E-state index contributed by atoms with van der Waals surface area (Å²) < 4.78 is 35.6. The molecule has 0 saturated carbocycles. The number of nitrogens with zero attached hydrogens (tertiary/aromatic N) is 2. The lowest BCUT2D eigenvalue weighted by Gasteiger charge is -2.24. The number of anilines is 1. The number of fused-ring (bicyclic) bond motifs is 1. The average Bonchev–Trinajstić information content (AvgIpc) is 3.02. The summed E-state index contributed by atoms with van der Waals surface area (Å²) in [5.41, 5.74) is 0.891. The van der Waals surface area contributed by atoms with Crippen LogP contribution in [0.2, 0.25) is 0 Å². The number of carbonyl (C=O) groups is 1. The fourth-order valence-electron chi connectivity index (χ4n) is 2.23. The highest BCUT2D eigenvalue weighted by atomic mass is 32.1. The molecular formula is C14H13F2N3O3S. The van der Waals surface area contributed by atoms with Gasteiger partial charge in [0.1, 0.15) is 18.1 Å². The number of amides is 1. The Labute approximate surface area is 134 Å². The molecule has 0 spiro atoms. The topological polar surface area (TPSA) is 73.3 Å². The van der Waals surface area contributed by atoms with E-state index in [1.807, 2.05) is 6.07 Å². The lowest BCUT2D eigenvalue weighted by atomic mass is 9.96. The Hall–Kier alpha value is -2.29. The van der Waals surface area contributed by atoms with E-state index in [-0.39, 0.29) is 17.6 Å². The number of ether oxygens (including phenoxy) is 2. The normalized spacial score (nSPS) is 16.6. The molecule has 1 aromatic carbocycles. The highest BCUT2D eigenvalue weighted by Crippen LogP contribution is 2.32. The number of carbonyl (C=O) groups excluding carboxylic acids is 1. The van der Waals surface area contributed by atoms with Gasteiger partial charge in [-0.3, -0.25) is 4.79 Å². The van der Waals surface area contributed by atoms with Crippen LogP contribution in [0.4, 0.5) is 13.9 Å². The molecular weight excluding hydrogens is 328 g/mol. The molecule has 2 aromatic rings. The van der Waals surface area contributed by atoms with Crippen molar-refractivity contribution in [3.8, 4) is 11.5 Å². The second kappa shape index (κ2) is 6.45. The number of halogens is 2. The Bertz CT molecular complexity index is 723. The zero-order valence-electron chi connectivity index (χ0n) is 12.1. The number of alkyl halides is 2. The molecule has 1 atom stereocenters. The van der Waals surface area contributed by atoms with Gasteiger partial charge in [-0.1, -0.05) is 17.4 Å². The molecule has 1 aromatic heterocycles. The summed E-state index contributed by atoms with van der Waals surface area (Å²) in [6, 6.07) is 5.40. The first-order chi connectivity index (χ1) is 11.1. The van der Waals surface area contributed by atoms with E-state index >= 15 is 0 Å². The molecule has 1 unspecified atom stereocenters. The average molecular weight is 341 g/mol. The van der Waals surface area contributed by atoms with Crippen molar-refractivity contribution in [1.29, 1.82) is 0 Å². The van der Waals surface area contributed by atoms with Gasteiger partial charge in [-0.25, -0.2) is 8.78 Å². The summed E-state index contributed by atoms with van der Waals surface area (Å²) in [4.78, 5) is 12.2. The smallest absolute Gasteiger partial charge is 0.291 e. The minimum atomic E-state index is -2.70. The van der Waals surface area contributed by atoms with Gasteiger partial charge in [-0.15, -0.1) is 10.2 Å². The highest BCUT2D eigenvalue weighted by Gasteiger charge is 2.27. The first-order valence-corrected chi connectivity index (χ1v) is 7.60. The van der Waals surface area contributed by atoms with Gasteiger partial charge in [0, 0.05) is 6.07 Å². The Morgan fingerprint density at radius 3 is 3.00 bits per heavy atom. The van der Waals surface area contributed by atoms with Crippen LogP contribution in [0.1, 0.15) is 17.0 Å². The standard InChI is InChI=1S/C14H13F2N3O3S/c1-21-9-3-2-7-4-8(6-22-10(7)5-9)12(20)17-14-19-18-13(23-14)11(15)16/h2-3,5,8,11H,4,6H2,1H3,(H,17,19,20). The predicted molar refractivity (Wildman–Crippen MR) is 79.2 cm³/mol. The Balaban J connectivity index is 1.66. The summed E-state index contributed by atoms with van der Waals surface area (Å²) in [6.45, 7) is 0.201. The van der Waals surface area contributed by atoms with Crippen LogP contribution in [0.3, 0.4) is 0 Å². The monoisotopic (exact) mass is 341 g/mol. The van der Waals surface area contributed by atoms with Crippen LogP contribution in [-0.2, 0) is 11.2 Å². The van der Waals surface area contributed by atoms with Gasteiger partial charge < -0.3 is 14.8 Å². The summed E-state index contributed by atoms with van der Waals surface area (Å²) in [6.07, 6.45) is -2.20. The van der Waals surface area contributed by atoms with E-state index in [9.17, 15) is 13.6 Å². The molecule has 1 aliphatic rings. The second-order valence-electron chi connectivity index (χ2n) is 4.92. The predicted octanol–water partition coefficient (Wildman–Crippen LogP) is 2.67. The van der Waals surface area contributed by atoms with Crippen molar-refractivity contribution in [2.75, 3.05) is 19.0 Å². The van der Waals surface area contributed by atoms with Crippen LogP contribution in [0.15, 0.2) is 18.2 Å². The van der Waals surface area contributed by atoms with Gasteiger partial charge in [0.2, 0.25) is 11.0 Å². The highest BCUT2D eigenvalue weighted by molar-refractivity contribution is 7.15. The summed E-state index contributed by atoms with van der Waals surface area (Å²) in [7, 11) is 1.57. The van der Waals surface area contributed by atoms with Gasteiger partial charge in [0.15, 0.2) is 5.01 Å². The zero-order valence-corrected chi connectivity index (χ0v) is 12.9. The molecule has 1 aliphatic heterocycles. The number of aromatic nitrogens is 2. The first kappa shape index (κ1) is 15.6. The van der Waals surface area contributed by atoms with Crippen LogP contribution in [0.5, 0.6) is 11.5 Å². The van der Waals surface area contributed by atoms with Crippen molar-refractivity contribution in [2.24, 2.45) is 5.92 Å². The van der Waals surface area contributed by atoms with E-state index in [0.717, 1.165) is 5.56 Å². The van der Waals surface area contributed by atoms with Crippen molar-refractivity contribution in [2.45, 2.75) is 12.8 Å². The van der Waals surface area contributed by atoms with E-state index < -0.39 is 17.4 Å². The van der Waals surface area contributed by atoms with Crippen LogP contribution in [-0.4, -0.2) is 29.8 Å². The number of hydrogen-bond donors (Lipinski definition) is 1. The lowest BCUT2D eigenvalue weighted by Crippen LogP contribution is -2.32. The number of rotatable bonds is 4. The van der Waals surface area contributed by atoms with Crippen molar-refractivity contribution in [3.05, 3.63) is 28.8 Å². The molecule has 1 N–H and O–H groups in total. The molecule has 0 fully saturated rings. The van der Waals surface area contributed by atoms with Crippen LogP contribution < -0.4 is 14.8 Å². The molecule has 0 bridgehead atoms. The van der Waals surface area contributed by atoms with Crippen molar-refractivity contribution >= 4 is 22.4 Å². The molecule has 6 nitrogen and oxygen atoms in total. The Morgan fingerprint density at radius 2 is 2.30 bits per heavy atom. The molecule has 9 heteroatoms. The quantitative estimate of drug-likeness (QED) is 0.925. The Kier molecular flexibility index (Phi) is 4.37. The zero-order chi connectivity index (χ0) is 16.4. The maximum absolute atomic E-state index is 12.5. The van der Waals surface area contributed by atoms with Crippen molar-refractivity contribution in [3.63, 3.8) is 0 Å². The third-order valence-corrected chi connectivity index (χ3v) is 4.25. The fourth-order valence-corrected chi connectivity index (χ4v) is 2.83. The van der Waals surface area contributed by atoms with Crippen molar-refractivity contribution < 1.29 is 23.0 Å². The number of nitrogens with one attached hydrogen (secondary N) is 1. The third kappa shape index (κ3) is 3.39. The van der Waals surface area contributed by atoms with Crippen LogP contribution in [0.25, 0.3) is 0 Å². The van der Waals surface area contributed by atoms with Crippen molar-refractivity contribution in [1.82, 2.24) is 10.2 Å². The molecule has 1 amide bonds. The first-order valence-electron chi connectivity index (χ1n) is 6.79. The molecule has 0 saturated heterocycles. The van der Waals surface area contributed by atoms with Gasteiger partial charge in [0.05, 0.1) is 13.0 Å². The van der Waals surface area contributed by atoms with Gasteiger partial charge >= 0.3 is 0 Å². The second-order valence-corrected chi connectivity index (χ2v) is 5.93. The SMILES string of the molecule is COc1ccc2c(c1)OCC(C(=O)Nc1nnc(C(F)F)s1)C2.